The number of amides is 1. The van der Waals surface area contributed by atoms with E-state index in [4.69, 9.17) is 22.2 Å². The highest BCUT2D eigenvalue weighted by Gasteiger charge is 2.21. The van der Waals surface area contributed by atoms with Crippen molar-refractivity contribution < 1.29 is 9.90 Å². The fourth-order valence-corrected chi connectivity index (χ4v) is 4.82. The Morgan fingerprint density at radius 3 is 2.52 bits per heavy atom. The zero-order valence-corrected chi connectivity index (χ0v) is 25.9. The van der Waals surface area contributed by atoms with Crippen LogP contribution in [0.15, 0.2) is 47.9 Å². The number of para-hydroxylation sites is 1. The third kappa shape index (κ3) is 7.33. The van der Waals surface area contributed by atoms with Gasteiger partial charge >= 0.3 is 0 Å². The second-order valence-electron chi connectivity index (χ2n) is 10.8. The average Bonchev–Trinajstić information content (AvgIpc) is 3.14. The van der Waals surface area contributed by atoms with Crippen LogP contribution in [-0.4, -0.2) is 82.5 Å². The second kappa shape index (κ2) is 13.7. The van der Waals surface area contributed by atoms with E-state index in [9.17, 15) is 9.90 Å². The van der Waals surface area contributed by atoms with Crippen LogP contribution in [0.25, 0.3) is 5.70 Å². The molecule has 0 saturated carbocycles. The van der Waals surface area contributed by atoms with Crippen LogP contribution < -0.4 is 32.3 Å². The molecule has 1 aromatic carbocycles. The number of anilines is 2. The number of allylic oxidation sites excluding steroid dienone is 1. The third-order valence-corrected chi connectivity index (χ3v) is 7.51. The summed E-state index contributed by atoms with van der Waals surface area (Å²) in [7, 11) is 5.63. The molecule has 0 radical (unpaired) electrons. The first-order valence-corrected chi connectivity index (χ1v) is 14.3. The number of benzene rings is 1. The summed E-state index contributed by atoms with van der Waals surface area (Å²) in [5.74, 6) is 7.73. The molecule has 1 amide bonds. The Balaban J connectivity index is 1.48. The fraction of sp³-hybridized carbons (Fsp3) is 0.355. The highest BCUT2D eigenvalue weighted by Crippen LogP contribution is 2.25. The zero-order chi connectivity index (χ0) is 32.0. The molecule has 8 N–H and O–H groups in total. The summed E-state index contributed by atoms with van der Waals surface area (Å²) in [6, 6.07) is 8.79. The number of carbonyl (C=O) groups excluding carboxylic acids is 1. The summed E-state index contributed by atoms with van der Waals surface area (Å²) in [6.07, 6.45) is 2.51. The number of carbonyl (C=O) groups is 1. The summed E-state index contributed by atoms with van der Waals surface area (Å²) in [6.45, 7) is 6.60. The largest absolute Gasteiger partial charge is 0.507 e. The summed E-state index contributed by atoms with van der Waals surface area (Å²) in [5.41, 5.74) is 22.2. The lowest BCUT2D eigenvalue weighted by molar-refractivity contribution is 0.0952. The number of phenolic OH excluding ortho intramolecular Hbond substituents is 1. The number of hydrogen-bond donors (Lipinski definition) is 5. The van der Waals surface area contributed by atoms with Gasteiger partial charge in [-0.15, -0.1) is 0 Å². The van der Waals surface area contributed by atoms with E-state index >= 15 is 0 Å². The van der Waals surface area contributed by atoms with Crippen LogP contribution in [0.5, 0.6) is 5.75 Å². The van der Waals surface area contributed by atoms with Crippen molar-refractivity contribution in [3.63, 3.8) is 0 Å². The molecule has 3 heterocycles. The molecular weight excluding hydrogens is 558 g/mol. The monoisotopic (exact) mass is 599 g/mol. The van der Waals surface area contributed by atoms with Gasteiger partial charge in [-0.25, -0.2) is 9.97 Å². The summed E-state index contributed by atoms with van der Waals surface area (Å²) >= 11 is 0. The molecule has 0 unspecified atom stereocenters. The molecule has 13 heteroatoms. The van der Waals surface area contributed by atoms with E-state index in [0.717, 1.165) is 30.0 Å². The van der Waals surface area contributed by atoms with Crippen LogP contribution in [0.2, 0.25) is 0 Å². The number of aromatic hydroxyl groups is 1. The van der Waals surface area contributed by atoms with Crippen LogP contribution in [0.3, 0.4) is 0 Å². The minimum absolute atomic E-state index is 0.0818. The van der Waals surface area contributed by atoms with Gasteiger partial charge in [-0.1, -0.05) is 18.1 Å². The van der Waals surface area contributed by atoms with Gasteiger partial charge in [0.05, 0.1) is 12.2 Å². The molecule has 13 nitrogen and oxygen atoms in total. The minimum atomic E-state index is -0.276. The van der Waals surface area contributed by atoms with Crippen molar-refractivity contribution in [1.29, 1.82) is 0 Å². The molecule has 1 aliphatic rings. The Morgan fingerprint density at radius 2 is 1.86 bits per heavy atom. The van der Waals surface area contributed by atoms with Gasteiger partial charge in [0.25, 0.3) is 5.91 Å². The highest BCUT2D eigenvalue weighted by atomic mass is 16.3. The van der Waals surface area contributed by atoms with Crippen LogP contribution in [0, 0.1) is 25.7 Å². The van der Waals surface area contributed by atoms with Crippen molar-refractivity contribution >= 4 is 23.2 Å². The third-order valence-electron chi connectivity index (χ3n) is 7.51. The first-order chi connectivity index (χ1) is 21.0. The number of nitrogens with zero attached hydrogens (tertiary/aromatic N) is 7. The maximum absolute atomic E-state index is 12.6. The molecular formula is C31H41N11O2. The van der Waals surface area contributed by atoms with Crippen molar-refractivity contribution in [1.82, 2.24) is 30.0 Å². The number of nitrogens with two attached hydrogens (primary N) is 3. The molecule has 3 aromatic rings. The Kier molecular flexibility index (Phi) is 9.85. The molecule has 4 rings (SSSR count). The van der Waals surface area contributed by atoms with Gasteiger partial charge in [-0.3, -0.25) is 9.48 Å². The normalized spacial score (nSPS) is 13.5. The number of aromatic nitrogens is 4. The Labute approximate surface area is 258 Å². The lowest BCUT2D eigenvalue weighted by Crippen LogP contribution is -2.33. The van der Waals surface area contributed by atoms with Crippen LogP contribution >= 0.6 is 0 Å². The van der Waals surface area contributed by atoms with E-state index in [1.807, 2.05) is 46.0 Å². The van der Waals surface area contributed by atoms with E-state index in [-0.39, 0.29) is 24.0 Å². The number of phenols is 1. The fourth-order valence-electron chi connectivity index (χ4n) is 4.82. The summed E-state index contributed by atoms with van der Waals surface area (Å²) in [5, 5.41) is 17.3. The number of aryl methyl sites for hydroxylation is 1. The van der Waals surface area contributed by atoms with Gasteiger partial charge < -0.3 is 42.3 Å². The van der Waals surface area contributed by atoms with E-state index in [1.54, 1.807) is 35.0 Å². The Hall–Kier alpha value is -5.38. The molecule has 2 aromatic heterocycles. The molecule has 0 aliphatic carbocycles. The van der Waals surface area contributed by atoms with E-state index in [0.29, 0.717) is 53.9 Å². The lowest BCUT2D eigenvalue weighted by atomic mass is 10.1. The molecule has 232 valence electrons. The minimum Gasteiger partial charge on any atom is -0.507 e. The van der Waals surface area contributed by atoms with E-state index < -0.39 is 0 Å². The Bertz CT molecular complexity index is 1640. The van der Waals surface area contributed by atoms with Crippen LogP contribution in [0.1, 0.15) is 39.6 Å². The van der Waals surface area contributed by atoms with Crippen molar-refractivity contribution in [2.24, 2.45) is 24.2 Å². The zero-order valence-electron chi connectivity index (χ0n) is 25.9. The molecule has 1 fully saturated rings. The maximum Gasteiger partial charge on any atom is 0.272 e. The van der Waals surface area contributed by atoms with Gasteiger partial charge in [0.1, 0.15) is 23.2 Å². The van der Waals surface area contributed by atoms with Crippen molar-refractivity contribution in [3.8, 4) is 17.6 Å². The second-order valence-corrected chi connectivity index (χ2v) is 10.8. The van der Waals surface area contributed by atoms with Gasteiger partial charge in [0.2, 0.25) is 5.82 Å². The predicted octanol–water partition coefficient (Wildman–Crippen LogP) is 0.978. The smallest absolute Gasteiger partial charge is 0.272 e. The Morgan fingerprint density at radius 1 is 1.11 bits per heavy atom. The van der Waals surface area contributed by atoms with Gasteiger partial charge in [0, 0.05) is 75.9 Å². The topological polar surface area (TPSA) is 181 Å². The van der Waals surface area contributed by atoms with Crippen molar-refractivity contribution in [3.05, 3.63) is 76.3 Å². The van der Waals surface area contributed by atoms with E-state index in [1.165, 1.54) is 0 Å². The molecule has 1 saturated heterocycles. The molecule has 0 spiro atoms. The highest BCUT2D eigenvalue weighted by molar-refractivity contribution is 5.94. The number of rotatable bonds is 7. The van der Waals surface area contributed by atoms with Crippen molar-refractivity contribution in [2.75, 3.05) is 56.6 Å². The quantitative estimate of drug-likeness (QED) is 0.193. The standard InChI is InChI=1S/C31H41N11O2/c1-20-21(2)40(5)38-29(20)31(44)35-13-8-12-26-36-27(39(3)4)19-28(37-26)42-15-9-14-41(16-17-42)24(30(33)34)18-23(32)22-10-6-7-11-25(22)43/h6-7,10-11,18-19,43H,9,13-17,32-34H2,1-5H3,(H,35,44)/b23-18-. The lowest BCUT2D eigenvalue weighted by Gasteiger charge is -2.26. The summed E-state index contributed by atoms with van der Waals surface area (Å²) < 4.78 is 1.69. The molecule has 0 atom stereocenters. The summed E-state index contributed by atoms with van der Waals surface area (Å²) in [4.78, 5) is 28.1. The molecule has 1 aliphatic heterocycles. The van der Waals surface area contributed by atoms with Gasteiger partial charge in [-0.2, -0.15) is 5.10 Å². The first-order valence-electron chi connectivity index (χ1n) is 14.3. The van der Waals surface area contributed by atoms with Gasteiger partial charge in [0.15, 0.2) is 5.69 Å². The average molecular weight is 600 g/mol. The van der Waals surface area contributed by atoms with Gasteiger partial charge in [-0.05, 0) is 44.4 Å². The predicted molar refractivity (Wildman–Crippen MR) is 172 cm³/mol. The van der Waals surface area contributed by atoms with E-state index in [2.05, 4.69) is 37.0 Å². The first kappa shape index (κ1) is 31.6. The van der Waals surface area contributed by atoms with Crippen molar-refractivity contribution in [2.45, 2.75) is 20.3 Å². The number of nitrogens with one attached hydrogen (secondary N) is 1. The van der Waals surface area contributed by atoms with Crippen LogP contribution in [-0.2, 0) is 7.05 Å². The maximum atomic E-state index is 12.6. The molecule has 44 heavy (non-hydrogen) atoms. The SMILES string of the molecule is Cc1c(C(=O)NCC#Cc2nc(N(C)C)cc(N3CCCN(C(/C=C(\N)c4ccccc4O)=C(N)N)CC3)n2)nn(C)c1C. The molecule has 0 bridgehead atoms. The number of hydrogen-bond acceptors (Lipinski definition) is 11. The van der Waals surface area contributed by atoms with Crippen LogP contribution in [0.4, 0.5) is 11.6 Å².